The molecule has 0 fully saturated rings. The van der Waals surface area contributed by atoms with E-state index in [1.54, 1.807) is 43.5 Å². The van der Waals surface area contributed by atoms with Crippen molar-refractivity contribution in [3.63, 3.8) is 0 Å². The number of carbonyl (C=O) groups excluding carboxylic acids is 2. The summed E-state index contributed by atoms with van der Waals surface area (Å²) in [5.74, 6) is 0.670. The monoisotopic (exact) mass is 312 g/mol. The molecular formula is C18H20N2O3. The first-order valence-electron chi connectivity index (χ1n) is 7.37. The van der Waals surface area contributed by atoms with Crippen LogP contribution < -0.4 is 15.4 Å². The van der Waals surface area contributed by atoms with Crippen LogP contribution in [0.15, 0.2) is 48.5 Å². The number of aryl methyl sites for hydroxylation is 1. The summed E-state index contributed by atoms with van der Waals surface area (Å²) in [5, 5.41) is 5.37. The minimum absolute atomic E-state index is 0.00619. The summed E-state index contributed by atoms with van der Waals surface area (Å²) in [7, 11) is 1.57. The largest absolute Gasteiger partial charge is 0.497 e. The molecule has 0 spiro atoms. The van der Waals surface area contributed by atoms with Crippen molar-refractivity contribution in [3.8, 4) is 5.75 Å². The zero-order chi connectivity index (χ0) is 16.7. The number of carbonyl (C=O) groups is 2. The van der Waals surface area contributed by atoms with Crippen molar-refractivity contribution in [2.45, 2.75) is 13.3 Å². The Hall–Kier alpha value is -2.82. The van der Waals surface area contributed by atoms with Crippen molar-refractivity contribution < 1.29 is 14.3 Å². The third kappa shape index (κ3) is 5.14. The minimum Gasteiger partial charge on any atom is -0.497 e. The van der Waals surface area contributed by atoms with E-state index in [1.807, 2.05) is 19.1 Å². The Balaban J connectivity index is 1.78. The van der Waals surface area contributed by atoms with Gasteiger partial charge in [-0.05, 0) is 19.1 Å². The molecule has 2 amide bonds. The summed E-state index contributed by atoms with van der Waals surface area (Å²) < 4.78 is 5.09. The third-order valence-electron chi connectivity index (χ3n) is 3.34. The lowest BCUT2D eigenvalue weighted by Crippen LogP contribution is -2.30. The molecule has 0 saturated heterocycles. The van der Waals surface area contributed by atoms with Gasteiger partial charge in [0.2, 0.25) is 0 Å². The van der Waals surface area contributed by atoms with E-state index in [4.69, 9.17) is 4.74 Å². The molecule has 0 saturated carbocycles. The molecule has 23 heavy (non-hydrogen) atoms. The van der Waals surface area contributed by atoms with Crippen LogP contribution in [0.25, 0.3) is 0 Å². The molecule has 5 heteroatoms. The van der Waals surface area contributed by atoms with E-state index in [9.17, 15) is 9.59 Å². The Morgan fingerprint density at radius 1 is 1.09 bits per heavy atom. The number of hydrogen-bond acceptors (Lipinski definition) is 3. The quantitative estimate of drug-likeness (QED) is 0.803. The average molecular weight is 312 g/mol. The number of ether oxygens (including phenoxy) is 1. The van der Waals surface area contributed by atoms with Crippen LogP contribution in [0.5, 0.6) is 5.75 Å². The Morgan fingerprint density at radius 3 is 2.52 bits per heavy atom. The predicted octanol–water partition coefficient (Wildman–Crippen LogP) is 3.40. The molecule has 0 aliphatic heterocycles. The smallest absolute Gasteiger partial charge is 0.319 e. The van der Waals surface area contributed by atoms with Gasteiger partial charge in [0.15, 0.2) is 5.78 Å². The number of anilines is 1. The highest BCUT2D eigenvalue weighted by Crippen LogP contribution is 2.16. The van der Waals surface area contributed by atoms with E-state index in [0.29, 0.717) is 17.0 Å². The zero-order valence-corrected chi connectivity index (χ0v) is 13.3. The molecule has 2 aromatic carbocycles. The highest BCUT2D eigenvalue weighted by atomic mass is 16.5. The lowest BCUT2D eigenvalue weighted by atomic mass is 10.1. The van der Waals surface area contributed by atoms with E-state index in [1.165, 1.54) is 0 Å². The van der Waals surface area contributed by atoms with Crippen LogP contribution in [-0.4, -0.2) is 25.5 Å². The van der Waals surface area contributed by atoms with Crippen LogP contribution in [0, 0.1) is 6.92 Å². The van der Waals surface area contributed by atoms with Crippen molar-refractivity contribution in [3.05, 3.63) is 59.7 Å². The summed E-state index contributed by atoms with van der Waals surface area (Å²) >= 11 is 0. The molecule has 5 nitrogen and oxygen atoms in total. The number of rotatable bonds is 6. The molecule has 2 aromatic rings. The number of hydrogen-bond donors (Lipinski definition) is 2. The van der Waals surface area contributed by atoms with Crippen LogP contribution in [-0.2, 0) is 0 Å². The van der Waals surface area contributed by atoms with Gasteiger partial charge < -0.3 is 15.4 Å². The fraction of sp³-hybridized carbons (Fsp3) is 0.222. The second-order valence-electron chi connectivity index (χ2n) is 5.15. The van der Waals surface area contributed by atoms with Gasteiger partial charge in [-0.3, -0.25) is 4.79 Å². The van der Waals surface area contributed by atoms with Gasteiger partial charge in [0, 0.05) is 30.3 Å². The average Bonchev–Trinajstić information content (AvgIpc) is 2.55. The fourth-order valence-electron chi connectivity index (χ4n) is 2.05. The van der Waals surface area contributed by atoms with Gasteiger partial charge in [0.1, 0.15) is 5.75 Å². The molecule has 2 N–H and O–H groups in total. The van der Waals surface area contributed by atoms with Gasteiger partial charge in [0.25, 0.3) is 0 Å². The number of urea groups is 1. The SMILES string of the molecule is COc1cccc(NC(=O)NCCC(=O)c2ccc(C)cc2)c1. The lowest BCUT2D eigenvalue weighted by molar-refractivity contribution is 0.0984. The molecule has 0 aromatic heterocycles. The highest BCUT2D eigenvalue weighted by molar-refractivity contribution is 5.96. The first-order chi connectivity index (χ1) is 11.1. The second kappa shape index (κ2) is 7.98. The van der Waals surface area contributed by atoms with Crippen LogP contribution in [0.1, 0.15) is 22.3 Å². The van der Waals surface area contributed by atoms with Crippen LogP contribution >= 0.6 is 0 Å². The maximum absolute atomic E-state index is 12.0. The minimum atomic E-state index is -0.352. The van der Waals surface area contributed by atoms with Crippen molar-refractivity contribution >= 4 is 17.5 Å². The van der Waals surface area contributed by atoms with Crippen molar-refractivity contribution in [2.24, 2.45) is 0 Å². The number of amides is 2. The summed E-state index contributed by atoms with van der Waals surface area (Å²) in [6, 6.07) is 14.1. The standard InChI is InChI=1S/C18H20N2O3/c1-13-6-8-14(9-7-13)17(21)10-11-19-18(22)20-15-4-3-5-16(12-15)23-2/h3-9,12H,10-11H2,1-2H3,(H2,19,20,22). The molecular weight excluding hydrogens is 292 g/mol. The number of nitrogens with one attached hydrogen (secondary N) is 2. The Bertz CT molecular complexity index is 681. The Labute approximate surface area is 135 Å². The molecule has 0 aliphatic carbocycles. The molecule has 0 atom stereocenters. The summed E-state index contributed by atoms with van der Waals surface area (Å²) in [4.78, 5) is 23.8. The first-order valence-corrected chi connectivity index (χ1v) is 7.37. The topological polar surface area (TPSA) is 67.4 Å². The van der Waals surface area contributed by atoms with Crippen LogP contribution in [0.3, 0.4) is 0 Å². The zero-order valence-electron chi connectivity index (χ0n) is 13.3. The van der Waals surface area contributed by atoms with Gasteiger partial charge in [-0.15, -0.1) is 0 Å². The molecule has 120 valence electrons. The summed E-state index contributed by atoms with van der Waals surface area (Å²) in [6.45, 7) is 2.25. The molecule has 0 radical (unpaired) electrons. The van der Waals surface area contributed by atoms with Gasteiger partial charge in [-0.25, -0.2) is 4.79 Å². The van der Waals surface area contributed by atoms with Crippen molar-refractivity contribution in [1.29, 1.82) is 0 Å². The predicted molar refractivity (Wildman–Crippen MR) is 90.1 cm³/mol. The van der Waals surface area contributed by atoms with E-state index < -0.39 is 0 Å². The summed E-state index contributed by atoms with van der Waals surface area (Å²) in [5.41, 5.74) is 2.40. The lowest BCUT2D eigenvalue weighted by Gasteiger charge is -2.08. The molecule has 0 bridgehead atoms. The van der Waals surface area contributed by atoms with E-state index in [2.05, 4.69) is 10.6 Å². The highest BCUT2D eigenvalue weighted by Gasteiger charge is 2.07. The van der Waals surface area contributed by atoms with Crippen molar-refractivity contribution in [1.82, 2.24) is 5.32 Å². The third-order valence-corrected chi connectivity index (χ3v) is 3.34. The summed E-state index contributed by atoms with van der Waals surface area (Å²) in [6.07, 6.45) is 0.259. The van der Waals surface area contributed by atoms with Gasteiger partial charge >= 0.3 is 6.03 Å². The van der Waals surface area contributed by atoms with Crippen LogP contribution in [0.2, 0.25) is 0 Å². The molecule has 0 aliphatic rings. The molecule has 0 unspecified atom stereocenters. The number of benzene rings is 2. The normalized spacial score (nSPS) is 10.0. The van der Waals surface area contributed by atoms with Crippen molar-refractivity contribution in [2.75, 3.05) is 19.0 Å². The maximum atomic E-state index is 12.0. The molecule has 2 rings (SSSR count). The Kier molecular flexibility index (Phi) is 5.74. The first kappa shape index (κ1) is 16.5. The number of ketones is 1. The van der Waals surface area contributed by atoms with Crippen LogP contribution in [0.4, 0.5) is 10.5 Å². The van der Waals surface area contributed by atoms with E-state index in [0.717, 1.165) is 5.56 Å². The van der Waals surface area contributed by atoms with E-state index in [-0.39, 0.29) is 24.8 Å². The van der Waals surface area contributed by atoms with Gasteiger partial charge in [-0.1, -0.05) is 35.9 Å². The fourth-order valence-corrected chi connectivity index (χ4v) is 2.05. The number of Topliss-reactive ketones (excluding diaryl/α,β-unsaturated/α-hetero) is 1. The number of methoxy groups -OCH3 is 1. The van der Waals surface area contributed by atoms with Gasteiger partial charge in [-0.2, -0.15) is 0 Å². The maximum Gasteiger partial charge on any atom is 0.319 e. The van der Waals surface area contributed by atoms with E-state index >= 15 is 0 Å². The second-order valence-corrected chi connectivity index (χ2v) is 5.15. The van der Waals surface area contributed by atoms with Gasteiger partial charge in [0.05, 0.1) is 7.11 Å². The Morgan fingerprint density at radius 2 is 1.83 bits per heavy atom. The molecule has 0 heterocycles.